The van der Waals surface area contributed by atoms with Gasteiger partial charge in [0.25, 0.3) is 0 Å². The summed E-state index contributed by atoms with van der Waals surface area (Å²) in [6.07, 6.45) is 4.16. The van der Waals surface area contributed by atoms with Gasteiger partial charge in [-0.25, -0.2) is 13.1 Å². The summed E-state index contributed by atoms with van der Waals surface area (Å²) in [5.74, 6) is 0. The van der Waals surface area contributed by atoms with Crippen LogP contribution in [0.3, 0.4) is 0 Å². The number of rotatable bonds is 3. The molecular weight excluding hydrogens is 270 g/mol. The lowest BCUT2D eigenvalue weighted by atomic mass is 9.95. The molecule has 1 saturated carbocycles. The van der Waals surface area contributed by atoms with E-state index in [1.807, 2.05) is 27.7 Å². The second-order valence-corrected chi connectivity index (χ2v) is 7.71. The van der Waals surface area contributed by atoms with E-state index in [1.165, 1.54) is 5.56 Å². The Morgan fingerprint density at radius 3 is 1.65 bits per heavy atom. The fourth-order valence-electron chi connectivity index (χ4n) is 3.19. The highest BCUT2D eigenvalue weighted by Gasteiger charge is 2.27. The maximum atomic E-state index is 12.7. The van der Waals surface area contributed by atoms with Gasteiger partial charge >= 0.3 is 0 Å². The zero-order valence-electron chi connectivity index (χ0n) is 13.1. The van der Waals surface area contributed by atoms with Crippen molar-refractivity contribution in [3.8, 4) is 0 Å². The van der Waals surface area contributed by atoms with Crippen molar-refractivity contribution in [2.24, 2.45) is 0 Å². The largest absolute Gasteiger partial charge is 0.241 e. The third-order valence-corrected chi connectivity index (χ3v) is 6.67. The van der Waals surface area contributed by atoms with Crippen molar-refractivity contribution in [3.05, 3.63) is 27.8 Å². The van der Waals surface area contributed by atoms with Crippen LogP contribution >= 0.6 is 0 Å². The average Bonchev–Trinajstić information content (AvgIpc) is 2.86. The monoisotopic (exact) mass is 295 g/mol. The lowest BCUT2D eigenvalue weighted by Gasteiger charge is -2.20. The normalized spacial score (nSPS) is 16.9. The predicted molar refractivity (Wildman–Crippen MR) is 82.7 cm³/mol. The Hall–Kier alpha value is -0.870. The summed E-state index contributed by atoms with van der Waals surface area (Å²) in [5, 5.41) is 0. The van der Waals surface area contributed by atoms with E-state index in [0.717, 1.165) is 47.9 Å². The van der Waals surface area contributed by atoms with Crippen LogP contribution in [0.15, 0.2) is 4.90 Å². The molecule has 20 heavy (non-hydrogen) atoms. The molecule has 0 radical (unpaired) electrons. The molecule has 2 rings (SSSR count). The molecule has 1 aromatic rings. The van der Waals surface area contributed by atoms with Crippen molar-refractivity contribution in [2.75, 3.05) is 0 Å². The molecule has 1 aliphatic rings. The number of sulfonamides is 1. The summed E-state index contributed by atoms with van der Waals surface area (Å²) in [4.78, 5) is 0.491. The zero-order valence-corrected chi connectivity index (χ0v) is 13.9. The first kappa shape index (κ1) is 15.5. The van der Waals surface area contributed by atoms with Crippen LogP contribution < -0.4 is 4.72 Å². The molecule has 0 heterocycles. The Labute approximate surface area is 122 Å². The molecular formula is C16H25NO2S. The van der Waals surface area contributed by atoms with Crippen LogP contribution in [0, 0.1) is 34.6 Å². The van der Waals surface area contributed by atoms with Crippen LogP contribution in [-0.2, 0) is 10.0 Å². The molecule has 0 unspecified atom stereocenters. The van der Waals surface area contributed by atoms with Crippen molar-refractivity contribution in [1.82, 2.24) is 4.72 Å². The van der Waals surface area contributed by atoms with Crippen LogP contribution in [0.5, 0.6) is 0 Å². The first-order chi connectivity index (χ1) is 9.25. The van der Waals surface area contributed by atoms with E-state index in [2.05, 4.69) is 11.6 Å². The SMILES string of the molecule is Cc1c(C)c(C)c(S(=O)(=O)NC2CCCC2)c(C)c1C. The quantitative estimate of drug-likeness (QED) is 0.928. The highest BCUT2D eigenvalue weighted by Crippen LogP contribution is 2.30. The minimum absolute atomic E-state index is 0.112. The van der Waals surface area contributed by atoms with Crippen LogP contribution in [-0.4, -0.2) is 14.5 Å². The topological polar surface area (TPSA) is 46.2 Å². The molecule has 0 aromatic heterocycles. The molecule has 0 spiro atoms. The molecule has 1 N–H and O–H groups in total. The summed E-state index contributed by atoms with van der Waals surface area (Å²) in [5.41, 5.74) is 5.13. The van der Waals surface area contributed by atoms with Crippen molar-refractivity contribution < 1.29 is 8.42 Å². The lowest BCUT2D eigenvalue weighted by Crippen LogP contribution is -2.33. The Morgan fingerprint density at radius 1 is 0.800 bits per heavy atom. The zero-order chi connectivity index (χ0) is 15.1. The summed E-state index contributed by atoms with van der Waals surface area (Å²) in [7, 11) is -3.42. The third-order valence-electron chi connectivity index (χ3n) is 4.88. The Balaban J connectivity index is 2.51. The number of benzene rings is 1. The Bertz CT molecular complexity index is 597. The minimum atomic E-state index is -3.42. The molecule has 0 bridgehead atoms. The third kappa shape index (κ3) is 2.63. The molecule has 112 valence electrons. The number of nitrogens with one attached hydrogen (secondary N) is 1. The van der Waals surface area contributed by atoms with E-state index in [-0.39, 0.29) is 6.04 Å². The van der Waals surface area contributed by atoms with Crippen molar-refractivity contribution >= 4 is 10.0 Å². The van der Waals surface area contributed by atoms with Gasteiger partial charge < -0.3 is 0 Å². The van der Waals surface area contributed by atoms with Crippen molar-refractivity contribution in [1.29, 1.82) is 0 Å². The molecule has 4 heteroatoms. The molecule has 0 aliphatic heterocycles. The summed E-state index contributed by atoms with van der Waals surface area (Å²) >= 11 is 0. The molecule has 0 amide bonds. The maximum absolute atomic E-state index is 12.7. The van der Waals surface area contributed by atoms with Crippen LogP contribution in [0.4, 0.5) is 0 Å². The molecule has 3 nitrogen and oxygen atoms in total. The average molecular weight is 295 g/mol. The second kappa shape index (κ2) is 5.49. The van der Waals surface area contributed by atoms with Gasteiger partial charge in [0.05, 0.1) is 4.90 Å². The Morgan fingerprint density at radius 2 is 1.20 bits per heavy atom. The predicted octanol–water partition coefficient (Wildman–Crippen LogP) is 3.45. The maximum Gasteiger partial charge on any atom is 0.241 e. The number of hydrogen-bond acceptors (Lipinski definition) is 2. The first-order valence-electron chi connectivity index (χ1n) is 7.35. The van der Waals surface area contributed by atoms with Gasteiger partial charge in [0.15, 0.2) is 0 Å². The summed E-state index contributed by atoms with van der Waals surface area (Å²) in [6.45, 7) is 9.90. The van der Waals surface area contributed by atoms with E-state index < -0.39 is 10.0 Å². The molecule has 0 atom stereocenters. The van der Waals surface area contributed by atoms with Crippen LogP contribution in [0.2, 0.25) is 0 Å². The fourth-order valence-corrected chi connectivity index (χ4v) is 5.10. The molecule has 1 aromatic carbocycles. The van der Waals surface area contributed by atoms with E-state index in [9.17, 15) is 8.42 Å². The first-order valence-corrected chi connectivity index (χ1v) is 8.83. The van der Waals surface area contributed by atoms with Crippen molar-refractivity contribution in [2.45, 2.75) is 71.2 Å². The van der Waals surface area contributed by atoms with E-state index >= 15 is 0 Å². The van der Waals surface area contributed by atoms with Gasteiger partial charge in [0.2, 0.25) is 10.0 Å². The van der Waals surface area contributed by atoms with Gasteiger partial charge in [-0.2, -0.15) is 0 Å². The van der Waals surface area contributed by atoms with Gasteiger partial charge in [0, 0.05) is 6.04 Å². The lowest BCUT2D eigenvalue weighted by molar-refractivity contribution is 0.551. The summed E-state index contributed by atoms with van der Waals surface area (Å²) < 4.78 is 28.4. The fraction of sp³-hybridized carbons (Fsp3) is 0.625. The van der Waals surface area contributed by atoms with E-state index in [1.54, 1.807) is 0 Å². The van der Waals surface area contributed by atoms with Crippen LogP contribution in [0.1, 0.15) is 53.5 Å². The van der Waals surface area contributed by atoms with Gasteiger partial charge in [-0.3, -0.25) is 0 Å². The van der Waals surface area contributed by atoms with Gasteiger partial charge in [-0.05, 0) is 75.3 Å². The smallest absolute Gasteiger partial charge is 0.208 e. The summed E-state index contributed by atoms with van der Waals surface area (Å²) in [6, 6.07) is 0.112. The standard InChI is InChI=1S/C16H25NO2S/c1-10-11(2)13(4)16(14(5)12(10)3)20(18,19)17-15-8-6-7-9-15/h15,17H,6-9H2,1-5H3. The highest BCUT2D eigenvalue weighted by molar-refractivity contribution is 7.89. The Kier molecular flexibility index (Phi) is 4.26. The molecule has 1 aliphatic carbocycles. The van der Waals surface area contributed by atoms with Gasteiger partial charge in [-0.15, -0.1) is 0 Å². The van der Waals surface area contributed by atoms with Crippen molar-refractivity contribution in [3.63, 3.8) is 0 Å². The van der Waals surface area contributed by atoms with Gasteiger partial charge in [-0.1, -0.05) is 12.8 Å². The second-order valence-electron chi connectivity index (χ2n) is 6.06. The van der Waals surface area contributed by atoms with Gasteiger partial charge in [0.1, 0.15) is 0 Å². The van der Waals surface area contributed by atoms with Crippen LogP contribution in [0.25, 0.3) is 0 Å². The number of hydrogen-bond donors (Lipinski definition) is 1. The molecule has 0 saturated heterocycles. The molecule has 1 fully saturated rings. The van der Waals surface area contributed by atoms with E-state index in [4.69, 9.17) is 0 Å². The highest BCUT2D eigenvalue weighted by atomic mass is 32.2. The van der Waals surface area contributed by atoms with E-state index in [0.29, 0.717) is 4.90 Å². The minimum Gasteiger partial charge on any atom is -0.208 e.